The number of aryl methyl sites for hydroxylation is 2. The third kappa shape index (κ3) is 3.41. The summed E-state index contributed by atoms with van der Waals surface area (Å²) in [7, 11) is 0. The van der Waals surface area contributed by atoms with Crippen molar-refractivity contribution in [2.45, 2.75) is 39.2 Å². The third-order valence-electron chi connectivity index (χ3n) is 4.56. The van der Waals surface area contributed by atoms with Crippen LogP contribution in [-0.4, -0.2) is 17.1 Å². The maximum absolute atomic E-state index is 12.7. The number of amides is 1. The monoisotopic (exact) mass is 321 g/mol. The highest BCUT2D eigenvalue weighted by atomic mass is 16.3. The highest BCUT2D eigenvalue weighted by Crippen LogP contribution is 2.28. The van der Waals surface area contributed by atoms with Crippen LogP contribution in [0.1, 0.15) is 46.0 Å². The Bertz CT molecular complexity index is 792. The zero-order chi connectivity index (χ0) is 17.1. The van der Waals surface area contributed by atoms with Crippen LogP contribution in [-0.2, 0) is 12.8 Å². The standard InChI is InChI=1S/C21H23NO2/c1-3-5-15-8-11-18(14(2)12-15)21(24)22-20-7-4-6-16-9-10-17(23)13-19(16)20/h3-8,11-12,17,23H,9-10,13H2,1-2H3,(H,22,24)/b5-3+/t17-/m1/s1. The number of nitrogens with one attached hydrogen (secondary N) is 1. The number of fused-ring (bicyclic) bond motifs is 1. The summed E-state index contributed by atoms with van der Waals surface area (Å²) in [5.74, 6) is -0.104. The highest BCUT2D eigenvalue weighted by Gasteiger charge is 2.20. The van der Waals surface area contributed by atoms with Crippen LogP contribution in [0.25, 0.3) is 6.08 Å². The fourth-order valence-corrected chi connectivity index (χ4v) is 3.31. The highest BCUT2D eigenvalue weighted by molar-refractivity contribution is 6.05. The van der Waals surface area contributed by atoms with Crippen LogP contribution in [0.3, 0.4) is 0 Å². The molecule has 0 saturated carbocycles. The van der Waals surface area contributed by atoms with E-state index in [0.717, 1.165) is 35.2 Å². The van der Waals surface area contributed by atoms with Gasteiger partial charge in [0.05, 0.1) is 6.10 Å². The van der Waals surface area contributed by atoms with E-state index in [0.29, 0.717) is 12.0 Å². The number of hydrogen-bond donors (Lipinski definition) is 2. The van der Waals surface area contributed by atoms with E-state index >= 15 is 0 Å². The van der Waals surface area contributed by atoms with Crippen molar-refractivity contribution in [1.82, 2.24) is 0 Å². The van der Waals surface area contributed by atoms with Crippen LogP contribution in [0.4, 0.5) is 5.69 Å². The lowest BCUT2D eigenvalue weighted by Gasteiger charge is -2.23. The number of rotatable bonds is 3. The minimum Gasteiger partial charge on any atom is -0.393 e. The molecule has 0 heterocycles. The number of hydrogen-bond acceptors (Lipinski definition) is 2. The lowest BCUT2D eigenvalue weighted by molar-refractivity contribution is 0.102. The van der Waals surface area contributed by atoms with Crippen LogP contribution < -0.4 is 5.32 Å². The first kappa shape index (κ1) is 16.5. The lowest BCUT2D eigenvalue weighted by atomic mass is 9.88. The van der Waals surface area contributed by atoms with Gasteiger partial charge in [-0.2, -0.15) is 0 Å². The Kier molecular flexibility index (Phi) is 4.81. The molecule has 2 N–H and O–H groups in total. The molecule has 1 atom stereocenters. The predicted molar refractivity (Wildman–Crippen MR) is 98.3 cm³/mol. The average Bonchev–Trinajstić information content (AvgIpc) is 2.56. The molecule has 1 aliphatic carbocycles. The zero-order valence-corrected chi connectivity index (χ0v) is 14.2. The van der Waals surface area contributed by atoms with Crippen molar-refractivity contribution in [1.29, 1.82) is 0 Å². The summed E-state index contributed by atoms with van der Waals surface area (Å²) < 4.78 is 0. The number of carbonyl (C=O) groups is 1. The van der Waals surface area contributed by atoms with E-state index in [9.17, 15) is 9.90 Å². The summed E-state index contributed by atoms with van der Waals surface area (Å²) in [4.78, 5) is 12.7. The van der Waals surface area contributed by atoms with Gasteiger partial charge in [0.15, 0.2) is 0 Å². The maximum atomic E-state index is 12.7. The number of carbonyl (C=O) groups excluding carboxylic acids is 1. The largest absolute Gasteiger partial charge is 0.393 e. The van der Waals surface area contributed by atoms with Gasteiger partial charge < -0.3 is 10.4 Å². The van der Waals surface area contributed by atoms with Gasteiger partial charge in [0.25, 0.3) is 5.91 Å². The Balaban J connectivity index is 1.86. The van der Waals surface area contributed by atoms with E-state index < -0.39 is 0 Å². The third-order valence-corrected chi connectivity index (χ3v) is 4.56. The van der Waals surface area contributed by atoms with Crippen LogP contribution in [0.5, 0.6) is 0 Å². The Morgan fingerprint density at radius 3 is 2.88 bits per heavy atom. The molecule has 1 amide bonds. The fourth-order valence-electron chi connectivity index (χ4n) is 3.31. The molecule has 1 aliphatic rings. The second-order valence-corrected chi connectivity index (χ2v) is 6.37. The second kappa shape index (κ2) is 7.02. The van der Waals surface area contributed by atoms with Gasteiger partial charge >= 0.3 is 0 Å². The van der Waals surface area contributed by atoms with Crippen molar-refractivity contribution in [3.05, 3.63) is 70.3 Å². The molecular weight excluding hydrogens is 298 g/mol. The van der Waals surface area contributed by atoms with Gasteiger partial charge in [0.1, 0.15) is 0 Å². The number of benzene rings is 2. The molecule has 0 spiro atoms. The Morgan fingerprint density at radius 2 is 2.12 bits per heavy atom. The SMILES string of the molecule is C/C=C/c1ccc(C(=O)Nc2cccc3c2C[C@H](O)CC3)c(C)c1. The van der Waals surface area contributed by atoms with Crippen LogP contribution in [0.15, 0.2) is 42.5 Å². The minimum atomic E-state index is -0.322. The normalized spacial score (nSPS) is 16.9. The summed E-state index contributed by atoms with van der Waals surface area (Å²) in [5.41, 5.74) is 5.82. The molecule has 0 aromatic heterocycles. The number of aliphatic hydroxyl groups is 1. The zero-order valence-electron chi connectivity index (χ0n) is 14.2. The molecule has 24 heavy (non-hydrogen) atoms. The van der Waals surface area contributed by atoms with Crippen LogP contribution in [0.2, 0.25) is 0 Å². The van der Waals surface area contributed by atoms with E-state index in [-0.39, 0.29) is 12.0 Å². The number of aliphatic hydroxyl groups excluding tert-OH is 1. The van der Waals surface area contributed by atoms with E-state index in [1.807, 2.05) is 56.3 Å². The van der Waals surface area contributed by atoms with Gasteiger partial charge in [-0.1, -0.05) is 36.4 Å². The summed E-state index contributed by atoms with van der Waals surface area (Å²) in [6.07, 6.45) is 5.93. The lowest BCUT2D eigenvalue weighted by Crippen LogP contribution is -2.22. The first-order valence-corrected chi connectivity index (χ1v) is 8.42. The van der Waals surface area contributed by atoms with Gasteiger partial charge in [0.2, 0.25) is 0 Å². The number of allylic oxidation sites excluding steroid dienone is 1. The minimum absolute atomic E-state index is 0.104. The molecular formula is C21H23NO2. The fraction of sp³-hybridized carbons (Fsp3) is 0.286. The molecule has 3 nitrogen and oxygen atoms in total. The summed E-state index contributed by atoms with van der Waals surface area (Å²) in [6.45, 7) is 3.93. The molecule has 0 radical (unpaired) electrons. The molecule has 3 heteroatoms. The van der Waals surface area contributed by atoms with Crippen LogP contribution >= 0.6 is 0 Å². The molecule has 0 fully saturated rings. The molecule has 0 unspecified atom stereocenters. The van der Waals surface area contributed by atoms with Gasteiger partial charge in [-0.15, -0.1) is 0 Å². The van der Waals surface area contributed by atoms with Crippen molar-refractivity contribution in [2.24, 2.45) is 0 Å². The first-order chi connectivity index (χ1) is 11.6. The first-order valence-electron chi connectivity index (χ1n) is 8.42. The number of anilines is 1. The molecule has 2 aromatic rings. The molecule has 3 rings (SSSR count). The van der Waals surface area contributed by atoms with E-state index in [1.54, 1.807) is 0 Å². The topological polar surface area (TPSA) is 49.3 Å². The Hall–Kier alpha value is -2.39. The van der Waals surface area contributed by atoms with E-state index in [2.05, 4.69) is 11.4 Å². The second-order valence-electron chi connectivity index (χ2n) is 6.37. The average molecular weight is 321 g/mol. The Labute approximate surface area is 143 Å². The summed E-state index contributed by atoms with van der Waals surface area (Å²) in [5, 5.41) is 13.0. The van der Waals surface area contributed by atoms with Gasteiger partial charge in [-0.05, 0) is 61.1 Å². The maximum Gasteiger partial charge on any atom is 0.255 e. The van der Waals surface area contributed by atoms with Crippen molar-refractivity contribution in [3.8, 4) is 0 Å². The Morgan fingerprint density at radius 1 is 1.29 bits per heavy atom. The smallest absolute Gasteiger partial charge is 0.255 e. The quantitative estimate of drug-likeness (QED) is 0.893. The molecule has 0 saturated heterocycles. The van der Waals surface area contributed by atoms with Gasteiger partial charge in [-0.25, -0.2) is 0 Å². The summed E-state index contributed by atoms with van der Waals surface area (Å²) in [6, 6.07) is 11.8. The van der Waals surface area contributed by atoms with E-state index in [1.165, 1.54) is 5.56 Å². The van der Waals surface area contributed by atoms with Crippen molar-refractivity contribution in [2.75, 3.05) is 5.32 Å². The van der Waals surface area contributed by atoms with E-state index in [4.69, 9.17) is 0 Å². The molecule has 124 valence electrons. The summed E-state index contributed by atoms with van der Waals surface area (Å²) >= 11 is 0. The molecule has 0 bridgehead atoms. The van der Waals surface area contributed by atoms with Crippen molar-refractivity contribution < 1.29 is 9.90 Å². The predicted octanol–water partition coefficient (Wildman–Crippen LogP) is 4.13. The van der Waals surface area contributed by atoms with Gasteiger partial charge in [-0.3, -0.25) is 4.79 Å². The van der Waals surface area contributed by atoms with Crippen molar-refractivity contribution in [3.63, 3.8) is 0 Å². The molecule has 2 aromatic carbocycles. The van der Waals surface area contributed by atoms with Crippen LogP contribution in [0, 0.1) is 6.92 Å². The van der Waals surface area contributed by atoms with Gasteiger partial charge in [0, 0.05) is 17.7 Å². The van der Waals surface area contributed by atoms with Crippen molar-refractivity contribution >= 4 is 17.7 Å². The molecule has 0 aliphatic heterocycles.